The maximum Gasteiger partial charge on any atom is 0.293 e. The SMILES string of the molecule is C[C@H](O)C(=O)Nc1nn(C)c2c(-c3ccc(C#CC(C)(C)O)nc3[C@H](Cc3cc(F)cc(F)c3)NC(=O)Cn3nc(C(F)F)c4c3C(F)(F)[C@@H]3C[C@H]43)ccc(Cl)c12. The summed E-state index contributed by atoms with van der Waals surface area (Å²) in [5.41, 5.74) is -2.09. The number of benzene rings is 2. The molecule has 298 valence electrons. The first-order chi connectivity index (χ1) is 26.7. The fourth-order valence-electron chi connectivity index (χ4n) is 7.29. The summed E-state index contributed by atoms with van der Waals surface area (Å²) in [6, 6.07) is 7.59. The third kappa shape index (κ3) is 7.68. The molecule has 0 radical (unpaired) electrons. The van der Waals surface area contributed by atoms with Crippen molar-refractivity contribution in [2.24, 2.45) is 13.0 Å². The van der Waals surface area contributed by atoms with Gasteiger partial charge in [0.1, 0.15) is 47.0 Å². The van der Waals surface area contributed by atoms with Gasteiger partial charge in [0, 0.05) is 35.7 Å². The smallest absolute Gasteiger partial charge is 0.293 e. The van der Waals surface area contributed by atoms with Gasteiger partial charge in [-0.25, -0.2) is 22.5 Å². The molecule has 0 saturated heterocycles. The Morgan fingerprint density at radius 1 is 1.07 bits per heavy atom. The van der Waals surface area contributed by atoms with Gasteiger partial charge in [-0.3, -0.25) is 19.0 Å². The van der Waals surface area contributed by atoms with Gasteiger partial charge in [-0.2, -0.15) is 19.0 Å². The molecule has 2 amide bonds. The minimum absolute atomic E-state index is 0.0110. The van der Waals surface area contributed by atoms with E-state index in [0.717, 1.165) is 12.1 Å². The molecule has 3 aromatic heterocycles. The Balaban J connectivity index is 1.38. The summed E-state index contributed by atoms with van der Waals surface area (Å²) in [5.74, 6) is -3.64. The molecule has 0 spiro atoms. The van der Waals surface area contributed by atoms with Crippen LogP contribution in [-0.2, 0) is 35.5 Å². The molecule has 4 N–H and O–H groups in total. The van der Waals surface area contributed by atoms with Crippen molar-refractivity contribution in [3.05, 3.63) is 93.0 Å². The first-order valence-electron chi connectivity index (χ1n) is 17.7. The van der Waals surface area contributed by atoms with E-state index < -0.39 is 83.3 Å². The van der Waals surface area contributed by atoms with E-state index in [4.69, 9.17) is 16.6 Å². The molecule has 1 saturated carbocycles. The molecule has 2 aliphatic carbocycles. The summed E-state index contributed by atoms with van der Waals surface area (Å²) in [7, 11) is 1.56. The molecule has 7 rings (SSSR count). The van der Waals surface area contributed by atoms with Crippen LogP contribution in [0.1, 0.15) is 79.5 Å². The van der Waals surface area contributed by atoms with Crippen molar-refractivity contribution < 1.29 is 46.1 Å². The van der Waals surface area contributed by atoms with Gasteiger partial charge in [0.15, 0.2) is 5.82 Å². The highest BCUT2D eigenvalue weighted by atomic mass is 35.5. The number of amides is 2. The van der Waals surface area contributed by atoms with Crippen molar-refractivity contribution in [1.82, 2.24) is 29.9 Å². The van der Waals surface area contributed by atoms with Crippen molar-refractivity contribution in [3.63, 3.8) is 0 Å². The van der Waals surface area contributed by atoms with Crippen LogP contribution in [0, 0.1) is 29.4 Å². The van der Waals surface area contributed by atoms with Gasteiger partial charge in [-0.05, 0) is 81.3 Å². The zero-order chi connectivity index (χ0) is 41.3. The lowest BCUT2D eigenvalue weighted by atomic mass is 9.93. The Labute approximate surface area is 326 Å². The molecule has 0 unspecified atom stereocenters. The lowest BCUT2D eigenvalue weighted by Crippen LogP contribution is -2.35. The van der Waals surface area contributed by atoms with E-state index in [1.807, 2.05) is 0 Å². The fourth-order valence-corrected chi connectivity index (χ4v) is 7.53. The molecule has 4 atom stereocenters. The van der Waals surface area contributed by atoms with Crippen LogP contribution in [0.2, 0.25) is 5.02 Å². The van der Waals surface area contributed by atoms with E-state index in [1.54, 1.807) is 19.2 Å². The molecule has 18 heteroatoms. The summed E-state index contributed by atoms with van der Waals surface area (Å²) in [6.07, 6.45) is -4.87. The number of aliphatic hydroxyl groups is 2. The first-order valence-corrected chi connectivity index (χ1v) is 18.0. The number of nitrogens with one attached hydrogen (secondary N) is 2. The van der Waals surface area contributed by atoms with E-state index in [1.165, 1.54) is 37.6 Å². The van der Waals surface area contributed by atoms with Crippen LogP contribution in [0.5, 0.6) is 0 Å². The molecule has 2 aliphatic rings. The van der Waals surface area contributed by atoms with Crippen molar-refractivity contribution in [1.29, 1.82) is 0 Å². The van der Waals surface area contributed by atoms with Crippen LogP contribution in [-0.4, -0.2) is 58.3 Å². The molecule has 3 heterocycles. The standard InChI is InChI=1S/C39H34ClF6N7O4/c1-17(54)37(56)49-36-30-26(40)8-7-23(33(30)52(4)51-36)22-6-5-21(9-10-38(2,3)57)47-31(22)27(13-18-11-19(41)14-20(42)12-18)48-28(55)16-53-34-29(32(50-53)35(43)44)24-15-25(24)39(34,45)46/h5-8,11-12,14,17,24-25,27,35,54,57H,13,15-16H2,1-4H3,(H,48,55)(H,49,51,56)/t17-,24-,25+,27-/m0/s1. The molecule has 57 heavy (non-hydrogen) atoms. The monoisotopic (exact) mass is 813 g/mol. The van der Waals surface area contributed by atoms with Crippen molar-refractivity contribution >= 4 is 40.1 Å². The van der Waals surface area contributed by atoms with Crippen molar-refractivity contribution in [2.75, 3.05) is 5.32 Å². The summed E-state index contributed by atoms with van der Waals surface area (Å²) >= 11 is 6.62. The van der Waals surface area contributed by atoms with Crippen molar-refractivity contribution in [2.45, 2.75) is 76.2 Å². The number of alkyl halides is 4. The van der Waals surface area contributed by atoms with E-state index in [0.29, 0.717) is 21.8 Å². The van der Waals surface area contributed by atoms with Crippen LogP contribution in [0.3, 0.4) is 0 Å². The third-order valence-corrected chi connectivity index (χ3v) is 10.1. The largest absolute Gasteiger partial charge is 0.384 e. The number of aliphatic hydroxyl groups excluding tert-OH is 1. The van der Waals surface area contributed by atoms with Gasteiger partial charge in [-0.1, -0.05) is 23.6 Å². The number of aryl methyl sites for hydroxylation is 1. The Hall–Kier alpha value is -5.44. The van der Waals surface area contributed by atoms with Gasteiger partial charge in [0.05, 0.1) is 27.7 Å². The van der Waals surface area contributed by atoms with Gasteiger partial charge in [0.25, 0.3) is 18.3 Å². The zero-order valence-corrected chi connectivity index (χ0v) is 31.4. The number of rotatable bonds is 10. The fraction of sp³-hybridized carbons (Fsp3) is 0.359. The predicted octanol–water partition coefficient (Wildman–Crippen LogP) is 6.45. The molecule has 5 aromatic rings. The summed E-state index contributed by atoms with van der Waals surface area (Å²) in [5, 5.41) is 34.0. The third-order valence-electron chi connectivity index (χ3n) is 9.76. The van der Waals surface area contributed by atoms with Crippen LogP contribution in [0.25, 0.3) is 22.0 Å². The van der Waals surface area contributed by atoms with Gasteiger partial charge >= 0.3 is 0 Å². The lowest BCUT2D eigenvalue weighted by Gasteiger charge is -2.23. The molecule has 1 fully saturated rings. The number of hydrogen-bond acceptors (Lipinski definition) is 7. The van der Waals surface area contributed by atoms with E-state index in [9.17, 15) is 37.4 Å². The number of halogens is 7. The van der Waals surface area contributed by atoms with E-state index in [-0.39, 0.29) is 57.1 Å². The Kier molecular flexibility index (Phi) is 10.1. The maximum atomic E-state index is 15.4. The van der Waals surface area contributed by atoms with E-state index >= 15 is 8.78 Å². The Morgan fingerprint density at radius 2 is 1.75 bits per heavy atom. The quantitative estimate of drug-likeness (QED) is 0.0937. The number of hydrogen-bond donors (Lipinski definition) is 4. The Bertz CT molecular complexity index is 2500. The minimum Gasteiger partial charge on any atom is -0.384 e. The average Bonchev–Trinajstić information content (AvgIpc) is 3.65. The highest BCUT2D eigenvalue weighted by Crippen LogP contribution is 2.68. The number of pyridine rings is 1. The average molecular weight is 814 g/mol. The van der Waals surface area contributed by atoms with Gasteiger partial charge in [0.2, 0.25) is 5.91 Å². The lowest BCUT2D eigenvalue weighted by molar-refractivity contribution is -0.123. The molecule has 11 nitrogen and oxygen atoms in total. The number of carbonyl (C=O) groups is 2. The minimum atomic E-state index is -3.50. The Morgan fingerprint density at radius 3 is 2.40 bits per heavy atom. The highest BCUT2D eigenvalue weighted by Gasteiger charge is 2.67. The number of anilines is 1. The highest BCUT2D eigenvalue weighted by molar-refractivity contribution is 6.37. The van der Waals surface area contributed by atoms with Crippen LogP contribution in [0.15, 0.2) is 42.5 Å². The predicted molar refractivity (Wildman–Crippen MR) is 195 cm³/mol. The van der Waals surface area contributed by atoms with Gasteiger partial charge < -0.3 is 20.8 Å². The zero-order valence-electron chi connectivity index (χ0n) is 30.6. The van der Waals surface area contributed by atoms with Crippen LogP contribution in [0.4, 0.5) is 32.2 Å². The molecular weight excluding hydrogens is 780 g/mol. The molecule has 0 aliphatic heterocycles. The van der Waals surface area contributed by atoms with Gasteiger partial charge in [-0.15, -0.1) is 0 Å². The number of carbonyl (C=O) groups excluding carboxylic acids is 2. The van der Waals surface area contributed by atoms with Crippen molar-refractivity contribution in [3.8, 4) is 23.0 Å². The maximum absolute atomic E-state index is 15.4. The van der Waals surface area contributed by atoms with Crippen LogP contribution < -0.4 is 10.6 Å². The molecule has 2 aromatic carbocycles. The van der Waals surface area contributed by atoms with Crippen LogP contribution >= 0.6 is 11.6 Å². The molecular formula is C39H34ClF6N7O4. The van der Waals surface area contributed by atoms with E-state index in [2.05, 4.69) is 32.7 Å². The normalized spacial score (nSPS) is 17.8. The summed E-state index contributed by atoms with van der Waals surface area (Å²) in [6.45, 7) is 3.23. The second kappa shape index (κ2) is 14.5. The first kappa shape index (κ1) is 39.8. The number of aromatic nitrogens is 5. The summed E-state index contributed by atoms with van der Waals surface area (Å²) in [4.78, 5) is 31.1. The number of fused-ring (bicyclic) bond motifs is 4. The summed E-state index contributed by atoms with van der Waals surface area (Å²) < 4.78 is 89.9. The number of nitrogens with zero attached hydrogens (tertiary/aromatic N) is 5. The second-order valence-corrected chi connectivity index (χ2v) is 15.1. The topological polar surface area (TPSA) is 147 Å². The molecule has 0 bridgehead atoms. The second-order valence-electron chi connectivity index (χ2n) is 14.7.